The Balaban J connectivity index is 3.56. The third-order valence-electron chi connectivity index (χ3n) is 3.00. The molecule has 0 fully saturated rings. The van der Waals surface area contributed by atoms with Gasteiger partial charge in [0.2, 0.25) is 0 Å². The zero-order chi connectivity index (χ0) is 13.2. The van der Waals surface area contributed by atoms with Crippen molar-refractivity contribution in [3.63, 3.8) is 0 Å². The monoisotopic (exact) mass is 232 g/mol. The van der Waals surface area contributed by atoms with Crippen LogP contribution in [0.2, 0.25) is 0 Å². The number of nitrogens with zero attached hydrogens (tertiary/aromatic N) is 2. The summed E-state index contributed by atoms with van der Waals surface area (Å²) in [6.07, 6.45) is 4.36. The van der Waals surface area contributed by atoms with E-state index in [1.54, 1.807) is 0 Å². The van der Waals surface area contributed by atoms with E-state index in [0.29, 0.717) is 0 Å². The molecular weight excluding hydrogens is 208 g/mol. The summed E-state index contributed by atoms with van der Waals surface area (Å²) in [5.41, 5.74) is 6.54. The fourth-order valence-electron chi connectivity index (χ4n) is 1.93. The maximum Gasteiger partial charge on any atom is 0.279 e. The van der Waals surface area contributed by atoms with Crippen molar-refractivity contribution in [2.75, 3.05) is 14.1 Å². The Kier molecular flexibility index (Phi) is 4.22. The highest BCUT2D eigenvalue weighted by atomic mass is 15.0. The summed E-state index contributed by atoms with van der Waals surface area (Å²) in [6.45, 7) is 8.62. The minimum atomic E-state index is 1.26. The van der Waals surface area contributed by atoms with Gasteiger partial charge in [0.05, 0.1) is 0 Å². The molecular formula is C15H24N2+2. The fraction of sp³-hybridized carbons (Fsp3) is 0.467. The molecule has 17 heavy (non-hydrogen) atoms. The Morgan fingerprint density at radius 3 is 2.29 bits per heavy atom. The van der Waals surface area contributed by atoms with Gasteiger partial charge in [0.1, 0.15) is 21.1 Å². The van der Waals surface area contributed by atoms with Crippen LogP contribution in [0, 0.1) is 13.8 Å². The second-order valence-corrected chi connectivity index (χ2v) is 5.08. The van der Waals surface area contributed by atoms with Crippen molar-refractivity contribution in [2.45, 2.75) is 27.7 Å². The fourth-order valence-corrected chi connectivity index (χ4v) is 1.93. The minimum Gasteiger partial charge on any atom is -0.230 e. The molecule has 0 aromatic carbocycles. The van der Waals surface area contributed by atoms with Crippen molar-refractivity contribution >= 4 is 5.71 Å². The quantitative estimate of drug-likeness (QED) is 0.545. The molecule has 0 amide bonds. The van der Waals surface area contributed by atoms with Gasteiger partial charge in [0.15, 0.2) is 6.20 Å². The van der Waals surface area contributed by atoms with E-state index in [1.807, 2.05) is 0 Å². The highest BCUT2D eigenvalue weighted by Crippen LogP contribution is 2.10. The Labute approximate surface area is 105 Å². The van der Waals surface area contributed by atoms with Gasteiger partial charge >= 0.3 is 0 Å². The van der Waals surface area contributed by atoms with E-state index in [9.17, 15) is 0 Å². The standard InChI is InChI=1S/C15H24N2/c1-11(2)10-14(16(5)6)15-13(4)12(3)8-9-17(15)7/h8-10H,1-7H3/q+2. The van der Waals surface area contributed by atoms with Crippen LogP contribution < -0.4 is 4.57 Å². The normalized spacial score (nSPS) is 10.1. The van der Waals surface area contributed by atoms with Crippen LogP contribution in [-0.2, 0) is 7.05 Å². The molecule has 0 spiro atoms. The summed E-state index contributed by atoms with van der Waals surface area (Å²) < 4.78 is 4.37. The van der Waals surface area contributed by atoms with Crippen LogP contribution in [0.15, 0.2) is 23.9 Å². The van der Waals surface area contributed by atoms with Gasteiger partial charge in [-0.3, -0.25) is 0 Å². The summed E-state index contributed by atoms with van der Waals surface area (Å²) in [5.74, 6) is 0. The maximum atomic E-state index is 2.24. The molecule has 0 N–H and O–H groups in total. The predicted molar refractivity (Wildman–Crippen MR) is 72.7 cm³/mol. The van der Waals surface area contributed by atoms with E-state index < -0.39 is 0 Å². The molecule has 0 aliphatic rings. The highest BCUT2D eigenvalue weighted by Gasteiger charge is 2.23. The molecule has 92 valence electrons. The zero-order valence-electron chi connectivity index (χ0n) is 12.1. The lowest BCUT2D eigenvalue weighted by Crippen LogP contribution is -2.39. The van der Waals surface area contributed by atoms with Gasteiger partial charge in [-0.2, -0.15) is 4.57 Å². The lowest BCUT2D eigenvalue weighted by Gasteiger charge is -2.05. The number of pyridine rings is 1. The van der Waals surface area contributed by atoms with Crippen molar-refractivity contribution in [3.05, 3.63) is 40.7 Å². The van der Waals surface area contributed by atoms with Crippen molar-refractivity contribution in [3.8, 4) is 0 Å². The predicted octanol–water partition coefficient (Wildman–Crippen LogP) is 2.16. The number of rotatable bonds is 2. The average molecular weight is 232 g/mol. The van der Waals surface area contributed by atoms with Crippen molar-refractivity contribution in [1.82, 2.24) is 0 Å². The number of hydrogen-bond donors (Lipinski definition) is 0. The van der Waals surface area contributed by atoms with Gasteiger partial charge < -0.3 is 0 Å². The Morgan fingerprint density at radius 2 is 1.82 bits per heavy atom. The summed E-state index contributed by atoms with van der Waals surface area (Å²) in [4.78, 5) is 0. The molecule has 0 saturated carbocycles. The van der Waals surface area contributed by atoms with E-state index in [4.69, 9.17) is 0 Å². The van der Waals surface area contributed by atoms with Gasteiger partial charge in [-0.25, -0.2) is 4.58 Å². The van der Waals surface area contributed by atoms with Crippen LogP contribution in [0.1, 0.15) is 30.7 Å². The van der Waals surface area contributed by atoms with Crippen molar-refractivity contribution in [2.24, 2.45) is 7.05 Å². The van der Waals surface area contributed by atoms with E-state index in [2.05, 4.69) is 76.3 Å². The van der Waals surface area contributed by atoms with E-state index in [0.717, 1.165) is 0 Å². The first-order chi connectivity index (χ1) is 7.84. The lowest BCUT2D eigenvalue weighted by atomic mass is 10.0. The summed E-state index contributed by atoms with van der Waals surface area (Å²) in [6, 6.07) is 2.16. The van der Waals surface area contributed by atoms with E-state index in [1.165, 1.54) is 28.1 Å². The number of hydrogen-bond acceptors (Lipinski definition) is 0. The molecule has 0 atom stereocenters. The molecule has 0 unspecified atom stereocenters. The number of aryl methyl sites for hydroxylation is 2. The third kappa shape index (κ3) is 3.02. The second kappa shape index (κ2) is 5.26. The maximum absolute atomic E-state index is 2.24. The summed E-state index contributed by atoms with van der Waals surface area (Å²) >= 11 is 0. The first-order valence-electron chi connectivity index (χ1n) is 6.00. The molecule has 1 aromatic heterocycles. The van der Waals surface area contributed by atoms with Gasteiger partial charge in [-0.1, -0.05) is 5.57 Å². The number of aromatic nitrogens is 1. The molecule has 0 aliphatic heterocycles. The SMILES string of the molecule is CC(C)=CC(c1c(C)c(C)cc[n+]1C)=[N+](C)C. The minimum absolute atomic E-state index is 1.26. The summed E-state index contributed by atoms with van der Waals surface area (Å²) in [5, 5.41) is 0. The van der Waals surface area contributed by atoms with Crippen LogP contribution in [0.3, 0.4) is 0 Å². The molecule has 0 bridgehead atoms. The molecule has 1 aromatic rings. The van der Waals surface area contributed by atoms with Gasteiger partial charge in [0.25, 0.3) is 11.4 Å². The topological polar surface area (TPSA) is 6.89 Å². The van der Waals surface area contributed by atoms with Crippen LogP contribution in [0.25, 0.3) is 0 Å². The first kappa shape index (κ1) is 13.6. The lowest BCUT2D eigenvalue weighted by molar-refractivity contribution is -0.675. The molecule has 2 heteroatoms. The third-order valence-corrected chi connectivity index (χ3v) is 3.00. The largest absolute Gasteiger partial charge is 0.279 e. The van der Waals surface area contributed by atoms with Crippen LogP contribution in [0.5, 0.6) is 0 Å². The Bertz CT molecular complexity index is 486. The molecule has 0 saturated heterocycles. The van der Waals surface area contributed by atoms with Crippen LogP contribution in [-0.4, -0.2) is 24.4 Å². The first-order valence-corrected chi connectivity index (χ1v) is 6.00. The van der Waals surface area contributed by atoms with Gasteiger partial charge in [-0.05, 0) is 33.3 Å². The Morgan fingerprint density at radius 1 is 1.24 bits per heavy atom. The highest BCUT2D eigenvalue weighted by molar-refractivity contribution is 6.04. The molecule has 0 aliphatic carbocycles. The summed E-state index contributed by atoms with van der Waals surface area (Å²) in [7, 11) is 6.29. The Hall–Kier alpha value is -1.44. The van der Waals surface area contributed by atoms with E-state index >= 15 is 0 Å². The smallest absolute Gasteiger partial charge is 0.230 e. The van der Waals surface area contributed by atoms with Crippen molar-refractivity contribution < 1.29 is 9.14 Å². The zero-order valence-corrected chi connectivity index (χ0v) is 12.1. The van der Waals surface area contributed by atoms with Crippen molar-refractivity contribution in [1.29, 1.82) is 0 Å². The van der Waals surface area contributed by atoms with Gasteiger partial charge in [-0.15, -0.1) is 0 Å². The molecule has 1 heterocycles. The molecule has 0 radical (unpaired) electrons. The number of allylic oxidation sites excluding steroid dienone is 2. The van der Waals surface area contributed by atoms with E-state index in [-0.39, 0.29) is 0 Å². The van der Waals surface area contributed by atoms with Crippen LogP contribution >= 0.6 is 0 Å². The van der Waals surface area contributed by atoms with Gasteiger partial charge in [0, 0.05) is 17.7 Å². The van der Waals surface area contributed by atoms with Crippen LogP contribution in [0.4, 0.5) is 0 Å². The molecule has 1 rings (SSSR count). The second-order valence-electron chi connectivity index (χ2n) is 5.08. The average Bonchev–Trinajstić information content (AvgIpc) is 2.22. The molecule has 2 nitrogen and oxygen atoms in total.